The highest BCUT2D eigenvalue weighted by Crippen LogP contribution is 2.60. The van der Waals surface area contributed by atoms with Crippen LogP contribution in [0.15, 0.2) is 24.3 Å². The first kappa shape index (κ1) is 27.4. The molecule has 204 valence electrons. The molecule has 1 aromatic heterocycles. The van der Waals surface area contributed by atoms with E-state index in [0.717, 1.165) is 30.5 Å². The van der Waals surface area contributed by atoms with Crippen LogP contribution in [0.4, 0.5) is 15.0 Å². The summed E-state index contributed by atoms with van der Waals surface area (Å²) in [4.78, 5) is 28.7. The Labute approximate surface area is 220 Å². The van der Waals surface area contributed by atoms with Gasteiger partial charge in [0.25, 0.3) is 0 Å². The summed E-state index contributed by atoms with van der Waals surface area (Å²) in [7, 11) is -1.12. The zero-order chi connectivity index (χ0) is 27.4. The van der Waals surface area contributed by atoms with Crippen LogP contribution in [-0.2, 0) is 16.9 Å². The SMILES string of the molecule is CC(C)(O)C[C@@H](NC(=O)N1Cc2c(NC(=O)C3(S(C)(C)C)CCC3)n[nH]c2C1(C)C)c1ccc(F)cc1. The van der Waals surface area contributed by atoms with Gasteiger partial charge in [-0.1, -0.05) is 12.1 Å². The van der Waals surface area contributed by atoms with Crippen molar-refractivity contribution in [3.63, 3.8) is 0 Å². The van der Waals surface area contributed by atoms with Gasteiger partial charge >= 0.3 is 6.03 Å². The van der Waals surface area contributed by atoms with Crippen LogP contribution in [0, 0.1) is 5.82 Å². The number of nitrogens with one attached hydrogen (secondary N) is 3. The first-order valence-corrected chi connectivity index (χ1v) is 15.5. The van der Waals surface area contributed by atoms with Crippen molar-refractivity contribution in [2.45, 2.75) is 81.9 Å². The Morgan fingerprint density at radius 2 is 1.84 bits per heavy atom. The van der Waals surface area contributed by atoms with Gasteiger partial charge in [0.1, 0.15) is 5.82 Å². The number of H-pyrrole nitrogens is 1. The van der Waals surface area contributed by atoms with Gasteiger partial charge in [0.15, 0.2) is 5.82 Å². The molecule has 2 heterocycles. The van der Waals surface area contributed by atoms with E-state index in [2.05, 4.69) is 39.6 Å². The van der Waals surface area contributed by atoms with E-state index in [1.807, 2.05) is 13.8 Å². The predicted octanol–water partition coefficient (Wildman–Crippen LogP) is 4.77. The Bertz CT molecular complexity index is 1180. The summed E-state index contributed by atoms with van der Waals surface area (Å²) in [6.07, 6.45) is 9.62. The monoisotopic (exact) mass is 533 g/mol. The number of nitrogens with zero attached hydrogens (tertiary/aromatic N) is 2. The van der Waals surface area contributed by atoms with Crippen molar-refractivity contribution in [1.29, 1.82) is 0 Å². The number of benzene rings is 1. The second kappa shape index (κ2) is 9.31. The maximum Gasteiger partial charge on any atom is 0.318 e. The fraction of sp³-hybridized carbons (Fsp3) is 0.593. The molecule has 1 aliphatic heterocycles. The van der Waals surface area contributed by atoms with Crippen LogP contribution in [0.2, 0.25) is 0 Å². The highest BCUT2D eigenvalue weighted by atomic mass is 32.3. The Kier molecular flexibility index (Phi) is 6.90. The molecule has 2 aromatic rings. The van der Waals surface area contributed by atoms with Crippen LogP contribution in [0.1, 0.15) is 76.2 Å². The second-order valence-corrected chi connectivity index (χ2v) is 16.7. The van der Waals surface area contributed by atoms with Crippen LogP contribution in [0.3, 0.4) is 0 Å². The lowest BCUT2D eigenvalue weighted by atomic mass is 9.83. The molecule has 0 radical (unpaired) electrons. The summed E-state index contributed by atoms with van der Waals surface area (Å²) in [6, 6.07) is 5.09. The van der Waals surface area contributed by atoms with E-state index >= 15 is 0 Å². The summed E-state index contributed by atoms with van der Waals surface area (Å²) < 4.78 is 13.2. The maximum atomic E-state index is 13.6. The highest BCUT2D eigenvalue weighted by molar-refractivity contribution is 8.33. The number of hydrogen-bond donors (Lipinski definition) is 4. The maximum absolute atomic E-state index is 13.6. The molecule has 37 heavy (non-hydrogen) atoms. The van der Waals surface area contributed by atoms with E-state index in [-0.39, 0.29) is 35.5 Å². The molecule has 0 saturated heterocycles. The van der Waals surface area contributed by atoms with Gasteiger partial charge in [0.05, 0.1) is 34.2 Å². The average molecular weight is 534 g/mol. The summed E-state index contributed by atoms with van der Waals surface area (Å²) in [5, 5.41) is 24.1. The molecule has 2 aliphatic rings. The topological polar surface area (TPSA) is 110 Å². The first-order chi connectivity index (χ1) is 17.0. The first-order valence-electron chi connectivity index (χ1n) is 12.7. The fourth-order valence-corrected chi connectivity index (χ4v) is 7.58. The van der Waals surface area contributed by atoms with Gasteiger partial charge in [-0.3, -0.25) is 9.89 Å². The average Bonchev–Trinajstić information content (AvgIpc) is 3.23. The number of rotatable bonds is 7. The normalized spacial score (nSPS) is 19.5. The number of halogens is 1. The van der Waals surface area contributed by atoms with E-state index in [9.17, 15) is 19.1 Å². The summed E-state index contributed by atoms with van der Waals surface area (Å²) >= 11 is 0. The van der Waals surface area contributed by atoms with Gasteiger partial charge in [-0.05, 0) is 83.4 Å². The third-order valence-electron chi connectivity index (χ3n) is 7.97. The largest absolute Gasteiger partial charge is 0.390 e. The number of hydrogen-bond acceptors (Lipinski definition) is 4. The minimum atomic E-state index is -1.12. The third-order valence-corrected chi connectivity index (χ3v) is 10.9. The molecule has 4 N–H and O–H groups in total. The van der Waals surface area contributed by atoms with Gasteiger partial charge in [-0.25, -0.2) is 19.2 Å². The number of aromatic nitrogens is 2. The minimum absolute atomic E-state index is 0.0119. The molecule has 1 atom stereocenters. The molecule has 1 saturated carbocycles. The molecule has 0 unspecified atom stereocenters. The molecular formula is C27H40FN5O3S. The number of carbonyl (C=O) groups is 2. The van der Waals surface area contributed by atoms with Crippen LogP contribution in [-0.4, -0.2) is 61.3 Å². The summed E-state index contributed by atoms with van der Waals surface area (Å²) in [6.45, 7) is 7.48. The molecule has 8 nitrogen and oxygen atoms in total. The number of urea groups is 1. The number of anilines is 1. The number of aliphatic hydroxyl groups is 1. The van der Waals surface area contributed by atoms with E-state index in [1.165, 1.54) is 12.1 Å². The molecule has 0 spiro atoms. The summed E-state index contributed by atoms with van der Waals surface area (Å²) in [5.74, 6) is 0.123. The number of amides is 3. The Balaban J connectivity index is 1.54. The van der Waals surface area contributed by atoms with Gasteiger partial charge in [-0.2, -0.15) is 5.10 Å². The molecule has 10 heteroatoms. The van der Waals surface area contributed by atoms with E-state index in [1.54, 1.807) is 30.9 Å². The second-order valence-electron chi connectivity index (χ2n) is 12.3. The van der Waals surface area contributed by atoms with Gasteiger partial charge in [0, 0.05) is 12.0 Å². The minimum Gasteiger partial charge on any atom is -0.390 e. The Morgan fingerprint density at radius 3 is 2.35 bits per heavy atom. The standard InChI is InChI=1S/C27H40FN5O3S/c1-25(2,36)15-20(17-9-11-18(28)12-10-17)29-24(35)33-16-19-21(26(33,3)4)31-32-22(19)30-23(34)27(13-8-14-27)37(5,6)7/h9-12,20,36H,8,13-16H2,1-7H3,(H,29,35)(H2,30,31,32,34)/t20-/m1/s1. The quantitative estimate of drug-likeness (QED) is 0.411. The third kappa shape index (κ3) is 5.10. The number of fused-ring (bicyclic) bond motifs is 1. The van der Waals surface area contributed by atoms with Crippen molar-refractivity contribution in [2.24, 2.45) is 0 Å². The van der Waals surface area contributed by atoms with Crippen LogP contribution >= 0.6 is 10.0 Å². The zero-order valence-electron chi connectivity index (χ0n) is 22.9. The number of carbonyl (C=O) groups excluding carboxylic acids is 2. The van der Waals surface area contributed by atoms with Gasteiger partial charge < -0.3 is 20.6 Å². The summed E-state index contributed by atoms with van der Waals surface area (Å²) in [5.41, 5.74) is 0.529. The van der Waals surface area contributed by atoms with Gasteiger partial charge in [-0.15, -0.1) is 0 Å². The highest BCUT2D eigenvalue weighted by Gasteiger charge is 2.51. The van der Waals surface area contributed by atoms with Gasteiger partial charge in [0.2, 0.25) is 5.91 Å². The lowest BCUT2D eigenvalue weighted by molar-refractivity contribution is -0.120. The number of aromatic amines is 1. The van der Waals surface area contributed by atoms with Crippen molar-refractivity contribution in [3.05, 3.63) is 46.9 Å². The van der Waals surface area contributed by atoms with Crippen LogP contribution in [0.5, 0.6) is 0 Å². The van der Waals surface area contributed by atoms with E-state index < -0.39 is 27.2 Å². The lowest BCUT2D eigenvalue weighted by Gasteiger charge is -2.53. The molecule has 3 amide bonds. The Morgan fingerprint density at radius 1 is 1.22 bits per heavy atom. The zero-order valence-corrected chi connectivity index (χ0v) is 23.7. The molecule has 1 fully saturated rings. The molecule has 1 aliphatic carbocycles. The van der Waals surface area contributed by atoms with Crippen molar-refractivity contribution in [2.75, 3.05) is 24.1 Å². The Hall–Kier alpha value is -2.59. The molecule has 0 bridgehead atoms. The van der Waals surface area contributed by atoms with Crippen molar-refractivity contribution >= 4 is 27.8 Å². The predicted molar refractivity (Wildman–Crippen MR) is 146 cm³/mol. The smallest absolute Gasteiger partial charge is 0.318 e. The molecule has 4 rings (SSSR count). The van der Waals surface area contributed by atoms with Crippen molar-refractivity contribution in [3.8, 4) is 0 Å². The molecule has 1 aromatic carbocycles. The van der Waals surface area contributed by atoms with E-state index in [4.69, 9.17) is 0 Å². The van der Waals surface area contributed by atoms with Crippen LogP contribution in [0.25, 0.3) is 0 Å². The van der Waals surface area contributed by atoms with Crippen LogP contribution < -0.4 is 10.6 Å². The molecular weight excluding hydrogens is 493 g/mol. The van der Waals surface area contributed by atoms with Crippen molar-refractivity contribution in [1.82, 2.24) is 20.4 Å². The van der Waals surface area contributed by atoms with E-state index in [0.29, 0.717) is 11.4 Å². The van der Waals surface area contributed by atoms with Crippen molar-refractivity contribution < 1.29 is 19.1 Å². The lowest BCUT2D eigenvalue weighted by Crippen LogP contribution is -2.51. The fourth-order valence-electron chi connectivity index (χ4n) is 5.46.